The van der Waals surface area contributed by atoms with E-state index >= 15 is 0 Å². The van der Waals surface area contributed by atoms with Gasteiger partial charge in [-0.1, -0.05) is 13.3 Å². The summed E-state index contributed by atoms with van der Waals surface area (Å²) in [7, 11) is 1.69. The van der Waals surface area contributed by atoms with E-state index in [1.165, 1.54) is 31.2 Å². The molecule has 1 atom stereocenters. The van der Waals surface area contributed by atoms with E-state index in [1.54, 1.807) is 13.3 Å². The third-order valence-electron chi connectivity index (χ3n) is 3.56. The van der Waals surface area contributed by atoms with Crippen LogP contribution in [0.2, 0.25) is 0 Å². The first-order valence-corrected chi connectivity index (χ1v) is 6.57. The summed E-state index contributed by atoms with van der Waals surface area (Å²) in [5.74, 6) is 1.63. The molecule has 3 nitrogen and oxygen atoms in total. The maximum absolute atomic E-state index is 5.25. The fraction of sp³-hybridized carbons (Fsp3) is 0.643. The fourth-order valence-electron chi connectivity index (χ4n) is 2.35. The van der Waals surface area contributed by atoms with Crippen molar-refractivity contribution in [1.29, 1.82) is 0 Å². The van der Waals surface area contributed by atoms with E-state index in [2.05, 4.69) is 23.3 Å². The van der Waals surface area contributed by atoms with Crippen LogP contribution in [0.5, 0.6) is 5.75 Å². The van der Waals surface area contributed by atoms with Gasteiger partial charge in [-0.15, -0.1) is 0 Å². The third-order valence-corrected chi connectivity index (χ3v) is 3.56. The normalized spacial score (nSPS) is 17.5. The van der Waals surface area contributed by atoms with Gasteiger partial charge in [-0.25, -0.2) is 0 Å². The Morgan fingerprint density at radius 2 is 2.29 bits per heavy atom. The number of ether oxygens (including phenoxy) is 1. The van der Waals surface area contributed by atoms with Crippen molar-refractivity contribution in [1.82, 2.24) is 10.3 Å². The van der Waals surface area contributed by atoms with E-state index in [1.807, 2.05) is 6.20 Å². The van der Waals surface area contributed by atoms with Crippen molar-refractivity contribution in [2.45, 2.75) is 38.6 Å². The zero-order valence-electron chi connectivity index (χ0n) is 10.8. The first-order valence-electron chi connectivity index (χ1n) is 6.57. The number of nitrogens with one attached hydrogen (secondary N) is 1. The number of nitrogens with zero attached hydrogens (tertiary/aromatic N) is 1. The van der Waals surface area contributed by atoms with Gasteiger partial charge in [0.15, 0.2) is 0 Å². The molecule has 1 aliphatic rings. The number of aromatic nitrogens is 1. The molecule has 1 aromatic rings. The minimum atomic E-state index is 0.450. The zero-order valence-corrected chi connectivity index (χ0v) is 10.8. The van der Waals surface area contributed by atoms with Gasteiger partial charge in [0, 0.05) is 12.2 Å². The van der Waals surface area contributed by atoms with Gasteiger partial charge in [-0.3, -0.25) is 4.98 Å². The van der Waals surface area contributed by atoms with E-state index in [-0.39, 0.29) is 0 Å². The lowest BCUT2D eigenvalue weighted by molar-refractivity contribution is 0.230. The van der Waals surface area contributed by atoms with Gasteiger partial charge in [0.05, 0.1) is 13.3 Å². The molecule has 0 aliphatic heterocycles. The molecule has 0 amide bonds. The van der Waals surface area contributed by atoms with E-state index in [4.69, 9.17) is 4.74 Å². The van der Waals surface area contributed by atoms with Crippen molar-refractivity contribution in [3.05, 3.63) is 24.0 Å². The van der Waals surface area contributed by atoms with E-state index in [0.29, 0.717) is 6.04 Å². The van der Waals surface area contributed by atoms with Crippen LogP contribution in [0.1, 0.15) is 44.2 Å². The Kier molecular flexibility index (Phi) is 4.37. The SMILES string of the molecule is CCCNC(c1cncc(OC)c1)C1CCC1. The lowest BCUT2D eigenvalue weighted by Crippen LogP contribution is -2.32. The molecule has 2 rings (SSSR count). The Morgan fingerprint density at radius 3 is 2.88 bits per heavy atom. The maximum atomic E-state index is 5.25. The summed E-state index contributed by atoms with van der Waals surface area (Å²) < 4.78 is 5.25. The largest absolute Gasteiger partial charge is 0.495 e. The predicted molar refractivity (Wildman–Crippen MR) is 69.2 cm³/mol. The first kappa shape index (κ1) is 12.4. The van der Waals surface area contributed by atoms with Crippen molar-refractivity contribution in [2.24, 2.45) is 5.92 Å². The highest BCUT2D eigenvalue weighted by Gasteiger charge is 2.28. The summed E-state index contributed by atoms with van der Waals surface area (Å²) in [6.07, 6.45) is 8.93. The molecule has 3 heteroatoms. The van der Waals surface area contributed by atoms with Crippen LogP contribution in [0.4, 0.5) is 0 Å². The fourth-order valence-corrected chi connectivity index (χ4v) is 2.35. The number of rotatable bonds is 6. The van der Waals surface area contributed by atoms with Gasteiger partial charge >= 0.3 is 0 Å². The highest BCUT2D eigenvalue weighted by molar-refractivity contribution is 5.26. The molecule has 1 fully saturated rings. The Hall–Kier alpha value is -1.09. The molecule has 1 heterocycles. The average Bonchev–Trinajstić information content (AvgIpc) is 2.32. The van der Waals surface area contributed by atoms with Crippen molar-refractivity contribution >= 4 is 0 Å². The Bertz CT molecular complexity index is 350. The summed E-state index contributed by atoms with van der Waals surface area (Å²) in [6.45, 7) is 3.27. The number of pyridine rings is 1. The molecule has 0 aromatic carbocycles. The molecule has 0 spiro atoms. The summed E-state index contributed by atoms with van der Waals surface area (Å²) in [4.78, 5) is 4.26. The van der Waals surface area contributed by atoms with Gasteiger partial charge in [0.1, 0.15) is 5.75 Å². The van der Waals surface area contributed by atoms with Crippen LogP contribution in [0, 0.1) is 5.92 Å². The molecular formula is C14H22N2O. The molecule has 1 unspecified atom stereocenters. The molecule has 1 N–H and O–H groups in total. The van der Waals surface area contributed by atoms with Crippen LogP contribution in [0.25, 0.3) is 0 Å². The van der Waals surface area contributed by atoms with Gasteiger partial charge in [-0.2, -0.15) is 0 Å². The molecule has 0 radical (unpaired) electrons. The van der Waals surface area contributed by atoms with Crippen LogP contribution in [-0.2, 0) is 0 Å². The molecule has 1 aromatic heterocycles. The smallest absolute Gasteiger partial charge is 0.137 e. The van der Waals surface area contributed by atoms with Crippen LogP contribution in [0.3, 0.4) is 0 Å². The van der Waals surface area contributed by atoms with Crippen LogP contribution < -0.4 is 10.1 Å². The maximum Gasteiger partial charge on any atom is 0.137 e. The van der Waals surface area contributed by atoms with Crippen molar-refractivity contribution in [3.63, 3.8) is 0 Å². The summed E-state index contributed by atoms with van der Waals surface area (Å²) in [5.41, 5.74) is 1.27. The van der Waals surface area contributed by atoms with Gasteiger partial charge < -0.3 is 10.1 Å². The molecule has 0 saturated heterocycles. The quantitative estimate of drug-likeness (QED) is 0.821. The predicted octanol–water partition coefficient (Wildman–Crippen LogP) is 2.93. The lowest BCUT2D eigenvalue weighted by Gasteiger charge is -2.34. The second kappa shape index (κ2) is 6.01. The second-order valence-corrected chi connectivity index (χ2v) is 4.78. The second-order valence-electron chi connectivity index (χ2n) is 4.78. The minimum absolute atomic E-state index is 0.450. The molecule has 94 valence electrons. The first-order chi connectivity index (χ1) is 8.35. The zero-order chi connectivity index (χ0) is 12.1. The number of methoxy groups -OCH3 is 1. The van der Waals surface area contributed by atoms with Crippen molar-refractivity contribution < 1.29 is 4.74 Å². The lowest BCUT2D eigenvalue weighted by atomic mass is 9.77. The summed E-state index contributed by atoms with van der Waals surface area (Å²) in [5, 5.41) is 3.64. The third kappa shape index (κ3) is 2.97. The summed E-state index contributed by atoms with van der Waals surface area (Å²) >= 11 is 0. The summed E-state index contributed by atoms with van der Waals surface area (Å²) in [6, 6.07) is 2.56. The van der Waals surface area contributed by atoms with E-state index in [9.17, 15) is 0 Å². The Balaban J connectivity index is 2.11. The molecular weight excluding hydrogens is 212 g/mol. The number of hydrogen-bond donors (Lipinski definition) is 1. The Labute approximate surface area is 104 Å². The minimum Gasteiger partial charge on any atom is -0.495 e. The molecule has 1 saturated carbocycles. The van der Waals surface area contributed by atoms with Crippen LogP contribution in [-0.4, -0.2) is 18.6 Å². The topological polar surface area (TPSA) is 34.2 Å². The molecule has 0 bridgehead atoms. The van der Waals surface area contributed by atoms with Crippen LogP contribution >= 0.6 is 0 Å². The van der Waals surface area contributed by atoms with Crippen LogP contribution in [0.15, 0.2) is 18.5 Å². The number of hydrogen-bond acceptors (Lipinski definition) is 3. The van der Waals surface area contributed by atoms with Gasteiger partial charge in [0.25, 0.3) is 0 Å². The van der Waals surface area contributed by atoms with Gasteiger partial charge in [-0.05, 0) is 43.4 Å². The van der Waals surface area contributed by atoms with E-state index < -0.39 is 0 Å². The molecule has 1 aliphatic carbocycles. The Morgan fingerprint density at radius 1 is 1.47 bits per heavy atom. The van der Waals surface area contributed by atoms with E-state index in [0.717, 1.165) is 18.2 Å². The van der Waals surface area contributed by atoms with Crippen molar-refractivity contribution in [2.75, 3.05) is 13.7 Å². The highest BCUT2D eigenvalue weighted by atomic mass is 16.5. The highest BCUT2D eigenvalue weighted by Crippen LogP contribution is 2.38. The van der Waals surface area contributed by atoms with Gasteiger partial charge in [0.2, 0.25) is 0 Å². The average molecular weight is 234 g/mol. The monoisotopic (exact) mass is 234 g/mol. The molecule has 17 heavy (non-hydrogen) atoms. The standard InChI is InChI=1S/C14H22N2O/c1-3-7-16-14(11-5-4-6-11)12-8-13(17-2)10-15-9-12/h8-11,14,16H,3-7H2,1-2H3. The van der Waals surface area contributed by atoms with Crippen molar-refractivity contribution in [3.8, 4) is 5.75 Å².